The molecule has 1 aliphatic rings. The van der Waals surface area contributed by atoms with Crippen molar-refractivity contribution < 1.29 is 4.79 Å². The number of hydrogen-bond donors (Lipinski definition) is 2. The number of guanidine groups is 1. The van der Waals surface area contributed by atoms with Gasteiger partial charge in [-0.05, 0) is 44.1 Å². The molecular weight excluding hydrogens is 368 g/mol. The van der Waals surface area contributed by atoms with Gasteiger partial charge >= 0.3 is 0 Å². The van der Waals surface area contributed by atoms with Gasteiger partial charge in [0.2, 0.25) is 5.91 Å². The molecule has 2 heterocycles. The van der Waals surface area contributed by atoms with Crippen LogP contribution in [0.15, 0.2) is 22.5 Å². The number of thiophene rings is 1. The second-order valence-corrected chi connectivity index (χ2v) is 9.26. The monoisotopic (exact) mass is 406 g/mol. The van der Waals surface area contributed by atoms with Crippen molar-refractivity contribution in [3.05, 3.63) is 22.4 Å². The van der Waals surface area contributed by atoms with Crippen LogP contribution in [0.3, 0.4) is 0 Å². The third kappa shape index (κ3) is 6.23. The molecule has 2 N–H and O–H groups in total. The average molecular weight is 407 g/mol. The lowest BCUT2D eigenvalue weighted by molar-refractivity contribution is -0.136. The summed E-state index contributed by atoms with van der Waals surface area (Å²) < 4.78 is 0. The van der Waals surface area contributed by atoms with Gasteiger partial charge in [0.05, 0.1) is 6.54 Å². The highest BCUT2D eigenvalue weighted by molar-refractivity contribution is 7.10. The lowest BCUT2D eigenvalue weighted by Crippen LogP contribution is -2.50. The average Bonchev–Trinajstić information content (AvgIpc) is 3.24. The third-order valence-electron chi connectivity index (χ3n) is 5.65. The normalized spacial score (nSPS) is 16.5. The highest BCUT2D eigenvalue weighted by Crippen LogP contribution is 2.27. The van der Waals surface area contributed by atoms with E-state index in [4.69, 9.17) is 4.99 Å². The van der Waals surface area contributed by atoms with E-state index in [1.54, 1.807) is 11.3 Å². The molecular formula is C22H38N4OS. The molecule has 0 atom stereocenters. The summed E-state index contributed by atoms with van der Waals surface area (Å²) in [6.45, 7) is 14.1. The highest BCUT2D eigenvalue weighted by Gasteiger charge is 2.27. The first-order valence-corrected chi connectivity index (χ1v) is 11.7. The van der Waals surface area contributed by atoms with Gasteiger partial charge in [0, 0.05) is 41.9 Å². The summed E-state index contributed by atoms with van der Waals surface area (Å²) >= 11 is 1.79. The molecule has 0 radical (unpaired) electrons. The number of nitrogens with zero attached hydrogens (tertiary/aromatic N) is 2. The van der Waals surface area contributed by atoms with Crippen molar-refractivity contribution in [1.82, 2.24) is 15.5 Å². The quantitative estimate of drug-likeness (QED) is 0.507. The predicted molar refractivity (Wildman–Crippen MR) is 120 cm³/mol. The van der Waals surface area contributed by atoms with E-state index in [1.165, 1.54) is 4.88 Å². The summed E-state index contributed by atoms with van der Waals surface area (Å²) in [5.74, 6) is 1.40. The van der Waals surface area contributed by atoms with E-state index in [-0.39, 0.29) is 11.3 Å². The molecule has 0 aliphatic carbocycles. The van der Waals surface area contributed by atoms with Crippen LogP contribution in [0.4, 0.5) is 0 Å². The molecule has 1 aliphatic heterocycles. The van der Waals surface area contributed by atoms with Crippen LogP contribution in [0.2, 0.25) is 0 Å². The van der Waals surface area contributed by atoms with Crippen LogP contribution in [0, 0.1) is 5.92 Å². The first-order chi connectivity index (χ1) is 13.4. The van der Waals surface area contributed by atoms with E-state index in [2.05, 4.69) is 67.7 Å². The van der Waals surface area contributed by atoms with Gasteiger partial charge in [0.25, 0.3) is 0 Å². The van der Waals surface area contributed by atoms with Crippen molar-refractivity contribution in [2.75, 3.05) is 26.2 Å². The van der Waals surface area contributed by atoms with Crippen LogP contribution in [-0.2, 0) is 10.2 Å². The Bertz CT molecular complexity index is 614. The number of carbonyl (C=O) groups is 1. The van der Waals surface area contributed by atoms with Crippen molar-refractivity contribution >= 4 is 23.2 Å². The molecule has 6 heteroatoms. The molecule has 0 unspecified atom stereocenters. The maximum absolute atomic E-state index is 12.6. The van der Waals surface area contributed by atoms with Gasteiger partial charge in [0.15, 0.2) is 5.96 Å². The molecule has 1 fully saturated rings. The first kappa shape index (κ1) is 22.7. The second kappa shape index (κ2) is 10.8. The van der Waals surface area contributed by atoms with E-state index in [1.807, 2.05) is 0 Å². The zero-order chi connectivity index (χ0) is 20.6. The van der Waals surface area contributed by atoms with E-state index in [0.29, 0.717) is 11.9 Å². The predicted octanol–water partition coefficient (Wildman–Crippen LogP) is 4.01. The Hall–Kier alpha value is -1.56. The van der Waals surface area contributed by atoms with Crippen molar-refractivity contribution in [3.63, 3.8) is 0 Å². The molecule has 0 spiro atoms. The molecule has 0 bridgehead atoms. The molecule has 0 aromatic carbocycles. The molecule has 0 saturated carbocycles. The maximum atomic E-state index is 12.6. The third-order valence-corrected chi connectivity index (χ3v) is 6.88. The number of nitrogens with one attached hydrogen (secondary N) is 2. The van der Waals surface area contributed by atoms with Gasteiger partial charge < -0.3 is 15.5 Å². The van der Waals surface area contributed by atoms with Gasteiger partial charge in [-0.1, -0.05) is 33.8 Å². The van der Waals surface area contributed by atoms with Crippen LogP contribution < -0.4 is 10.6 Å². The zero-order valence-electron chi connectivity index (χ0n) is 18.3. The van der Waals surface area contributed by atoms with Gasteiger partial charge in [-0.2, -0.15) is 0 Å². The Balaban J connectivity index is 1.90. The van der Waals surface area contributed by atoms with Gasteiger partial charge in [-0.3, -0.25) is 9.79 Å². The Morgan fingerprint density at radius 3 is 2.50 bits per heavy atom. The van der Waals surface area contributed by atoms with Gasteiger partial charge in [-0.25, -0.2) is 0 Å². The summed E-state index contributed by atoms with van der Waals surface area (Å²) in [6.07, 6.45) is 3.82. The molecule has 2 rings (SSSR count). The van der Waals surface area contributed by atoms with Crippen molar-refractivity contribution in [2.24, 2.45) is 10.9 Å². The summed E-state index contributed by atoms with van der Waals surface area (Å²) in [5.41, 5.74) is 0.0294. The topological polar surface area (TPSA) is 56.7 Å². The smallest absolute Gasteiger partial charge is 0.225 e. The van der Waals surface area contributed by atoms with Crippen LogP contribution in [-0.4, -0.2) is 49.0 Å². The van der Waals surface area contributed by atoms with Crippen molar-refractivity contribution in [1.29, 1.82) is 0 Å². The maximum Gasteiger partial charge on any atom is 0.225 e. The lowest BCUT2D eigenvalue weighted by atomic mass is 9.92. The summed E-state index contributed by atoms with van der Waals surface area (Å²) in [5, 5.41) is 9.10. The number of aliphatic imine (C=N–C) groups is 1. The number of piperidine rings is 1. The van der Waals surface area contributed by atoms with Gasteiger partial charge in [0.1, 0.15) is 0 Å². The molecule has 1 aromatic heterocycles. The number of carbonyl (C=O) groups excluding carboxylic acids is 1. The SMILES string of the molecule is CCNC(=NCC(C)(C)c1cccs1)NC1CCN(C(=O)C(CC)CC)CC1. The molecule has 28 heavy (non-hydrogen) atoms. The van der Waals surface area contributed by atoms with E-state index in [0.717, 1.165) is 57.8 Å². The fourth-order valence-corrected chi connectivity index (χ4v) is 4.52. The molecule has 5 nitrogen and oxygen atoms in total. The lowest BCUT2D eigenvalue weighted by Gasteiger charge is -2.35. The number of hydrogen-bond acceptors (Lipinski definition) is 3. The van der Waals surface area contributed by atoms with Gasteiger partial charge in [-0.15, -0.1) is 11.3 Å². The van der Waals surface area contributed by atoms with Crippen LogP contribution in [0.5, 0.6) is 0 Å². The van der Waals surface area contributed by atoms with Crippen LogP contribution in [0.25, 0.3) is 0 Å². The Kier molecular flexibility index (Phi) is 8.80. The molecule has 1 aromatic rings. The minimum atomic E-state index is 0.0294. The van der Waals surface area contributed by atoms with Crippen molar-refractivity contribution in [3.8, 4) is 0 Å². The van der Waals surface area contributed by atoms with E-state index < -0.39 is 0 Å². The number of rotatable bonds is 8. The first-order valence-electron chi connectivity index (χ1n) is 10.8. The largest absolute Gasteiger partial charge is 0.357 e. The highest BCUT2D eigenvalue weighted by atomic mass is 32.1. The number of amides is 1. The van der Waals surface area contributed by atoms with Crippen molar-refractivity contribution in [2.45, 2.75) is 71.8 Å². The van der Waals surface area contributed by atoms with Crippen LogP contribution in [0.1, 0.15) is 65.2 Å². The Labute approximate surface area is 175 Å². The summed E-state index contributed by atoms with van der Waals surface area (Å²) in [7, 11) is 0. The fourth-order valence-electron chi connectivity index (χ4n) is 3.67. The standard InChI is InChI=1S/C22H38N4OS/c1-6-17(7-2)20(27)26-13-11-18(12-14-26)25-21(23-8-3)24-16-22(4,5)19-10-9-15-28-19/h9-10,15,17-18H,6-8,11-14,16H2,1-5H3,(H2,23,24,25). The Morgan fingerprint density at radius 2 is 1.96 bits per heavy atom. The number of likely N-dealkylation sites (tertiary alicyclic amines) is 1. The second-order valence-electron chi connectivity index (χ2n) is 8.31. The molecule has 1 amide bonds. The minimum absolute atomic E-state index is 0.0294. The summed E-state index contributed by atoms with van der Waals surface area (Å²) in [4.78, 5) is 20.9. The zero-order valence-corrected chi connectivity index (χ0v) is 19.1. The van der Waals surface area contributed by atoms with E-state index >= 15 is 0 Å². The molecule has 158 valence electrons. The molecule has 1 saturated heterocycles. The van der Waals surface area contributed by atoms with Crippen LogP contribution >= 0.6 is 11.3 Å². The summed E-state index contributed by atoms with van der Waals surface area (Å²) in [6, 6.07) is 4.66. The Morgan fingerprint density at radius 1 is 1.29 bits per heavy atom. The van der Waals surface area contributed by atoms with E-state index in [9.17, 15) is 4.79 Å². The minimum Gasteiger partial charge on any atom is -0.357 e. The fraction of sp³-hybridized carbons (Fsp3) is 0.727.